The molecule has 0 spiro atoms. The molecule has 1 atom stereocenters. The van der Waals surface area contributed by atoms with E-state index in [1.165, 1.54) is 5.69 Å². The summed E-state index contributed by atoms with van der Waals surface area (Å²) in [4.78, 5) is 9.52. The van der Waals surface area contributed by atoms with Gasteiger partial charge in [-0.15, -0.1) is 0 Å². The summed E-state index contributed by atoms with van der Waals surface area (Å²) < 4.78 is 12.8. The van der Waals surface area contributed by atoms with Crippen LogP contribution >= 0.6 is 0 Å². The van der Waals surface area contributed by atoms with E-state index in [2.05, 4.69) is 28.1 Å². The fourth-order valence-corrected chi connectivity index (χ4v) is 3.88. The summed E-state index contributed by atoms with van der Waals surface area (Å²) in [6.45, 7) is 6.32. The van der Waals surface area contributed by atoms with Crippen molar-refractivity contribution in [2.24, 2.45) is 0 Å². The molecule has 0 bridgehead atoms. The van der Waals surface area contributed by atoms with Crippen LogP contribution in [0, 0.1) is 0 Å². The predicted octanol–water partition coefficient (Wildman–Crippen LogP) is 2.15. The summed E-state index contributed by atoms with van der Waals surface area (Å²) in [5, 5.41) is 4.78. The molecule has 2 aliphatic heterocycles. The van der Waals surface area contributed by atoms with E-state index in [0.717, 1.165) is 69.6 Å². The minimum atomic E-state index is 0.386. The number of likely N-dealkylation sites (tertiary alicyclic amines) is 1. The molecule has 2 aliphatic rings. The smallest absolute Gasteiger partial charge is 0.156 e. The molecule has 2 saturated heterocycles. The van der Waals surface area contributed by atoms with Crippen molar-refractivity contribution >= 4 is 11.3 Å². The molecule has 7 heteroatoms. The lowest BCUT2D eigenvalue weighted by Gasteiger charge is -2.28. The fraction of sp³-hybridized carbons (Fsp3) is 0.474. The lowest BCUT2D eigenvalue weighted by Crippen LogP contribution is -2.36. The number of morpholine rings is 1. The summed E-state index contributed by atoms with van der Waals surface area (Å²) in [5.74, 6) is 2.35. The van der Waals surface area contributed by atoms with E-state index in [1.54, 1.807) is 6.26 Å². The average molecular weight is 353 g/mol. The number of rotatable bonds is 4. The molecule has 0 radical (unpaired) electrons. The first-order valence-corrected chi connectivity index (χ1v) is 9.29. The SMILES string of the molecule is c1coc(CN2CCC(c3nc4ccc(N5CCOCC5)cn4n3)C2)c1. The number of anilines is 1. The first-order chi connectivity index (χ1) is 12.8. The highest BCUT2D eigenvalue weighted by atomic mass is 16.5. The van der Waals surface area contributed by atoms with E-state index < -0.39 is 0 Å². The predicted molar refractivity (Wildman–Crippen MR) is 97.4 cm³/mol. The van der Waals surface area contributed by atoms with Crippen LogP contribution in [0.1, 0.15) is 23.9 Å². The molecule has 0 aromatic carbocycles. The van der Waals surface area contributed by atoms with Crippen LogP contribution in [0.2, 0.25) is 0 Å². The van der Waals surface area contributed by atoms with Crippen LogP contribution in [0.4, 0.5) is 5.69 Å². The highest BCUT2D eigenvalue weighted by Gasteiger charge is 2.27. The standard InChI is InChI=1S/C19H23N5O2/c1-2-17(26-9-1)14-22-6-5-15(12-22)19-20-18-4-3-16(13-24(18)21-19)23-7-10-25-11-8-23/h1-4,9,13,15H,5-8,10-12,14H2. The maximum absolute atomic E-state index is 5.46. The highest BCUT2D eigenvalue weighted by Crippen LogP contribution is 2.27. The maximum Gasteiger partial charge on any atom is 0.156 e. The third-order valence-corrected chi connectivity index (χ3v) is 5.31. The fourth-order valence-electron chi connectivity index (χ4n) is 3.88. The van der Waals surface area contributed by atoms with Crippen LogP contribution in [0.15, 0.2) is 41.1 Å². The van der Waals surface area contributed by atoms with E-state index >= 15 is 0 Å². The molecule has 2 fully saturated rings. The molecule has 5 heterocycles. The number of ether oxygens (including phenoxy) is 1. The number of fused-ring (bicyclic) bond motifs is 1. The van der Waals surface area contributed by atoms with E-state index in [0.29, 0.717) is 5.92 Å². The molecular weight excluding hydrogens is 330 g/mol. The molecule has 7 nitrogen and oxygen atoms in total. The molecule has 3 aromatic rings. The summed E-state index contributed by atoms with van der Waals surface area (Å²) in [7, 11) is 0. The molecule has 5 rings (SSSR count). The van der Waals surface area contributed by atoms with E-state index in [4.69, 9.17) is 19.2 Å². The Morgan fingerprint density at radius 2 is 2.04 bits per heavy atom. The molecule has 0 saturated carbocycles. The summed E-state index contributed by atoms with van der Waals surface area (Å²) in [6, 6.07) is 8.18. The molecule has 0 aliphatic carbocycles. The van der Waals surface area contributed by atoms with Gasteiger partial charge in [-0.05, 0) is 37.2 Å². The van der Waals surface area contributed by atoms with E-state index in [9.17, 15) is 0 Å². The van der Waals surface area contributed by atoms with Crippen LogP contribution in [-0.2, 0) is 11.3 Å². The Morgan fingerprint density at radius 3 is 2.88 bits per heavy atom. The van der Waals surface area contributed by atoms with Crippen molar-refractivity contribution in [1.29, 1.82) is 0 Å². The quantitative estimate of drug-likeness (QED) is 0.716. The van der Waals surface area contributed by atoms with Gasteiger partial charge >= 0.3 is 0 Å². The van der Waals surface area contributed by atoms with Gasteiger partial charge in [0.1, 0.15) is 5.76 Å². The van der Waals surface area contributed by atoms with Crippen LogP contribution < -0.4 is 4.90 Å². The van der Waals surface area contributed by atoms with Crippen molar-refractivity contribution in [3.05, 3.63) is 48.3 Å². The minimum Gasteiger partial charge on any atom is -0.468 e. The lowest BCUT2D eigenvalue weighted by atomic mass is 10.1. The first-order valence-electron chi connectivity index (χ1n) is 9.29. The Labute approximate surface area is 152 Å². The largest absolute Gasteiger partial charge is 0.468 e. The van der Waals surface area contributed by atoms with Crippen molar-refractivity contribution < 1.29 is 9.15 Å². The van der Waals surface area contributed by atoms with Crippen molar-refractivity contribution in [3.8, 4) is 0 Å². The molecule has 26 heavy (non-hydrogen) atoms. The molecular formula is C19H23N5O2. The number of nitrogens with zero attached hydrogens (tertiary/aromatic N) is 5. The molecule has 1 unspecified atom stereocenters. The molecule has 3 aromatic heterocycles. The molecule has 136 valence electrons. The van der Waals surface area contributed by atoms with Gasteiger partial charge in [0.15, 0.2) is 11.5 Å². The molecule has 0 N–H and O–H groups in total. The van der Waals surface area contributed by atoms with Crippen LogP contribution in [0.5, 0.6) is 0 Å². The Balaban J connectivity index is 1.31. The van der Waals surface area contributed by atoms with Gasteiger partial charge in [-0.3, -0.25) is 4.90 Å². The van der Waals surface area contributed by atoms with Gasteiger partial charge < -0.3 is 14.1 Å². The van der Waals surface area contributed by atoms with E-state index in [-0.39, 0.29) is 0 Å². The number of aromatic nitrogens is 3. The monoisotopic (exact) mass is 353 g/mol. The van der Waals surface area contributed by atoms with Gasteiger partial charge in [-0.1, -0.05) is 0 Å². The van der Waals surface area contributed by atoms with Gasteiger partial charge in [-0.25, -0.2) is 9.50 Å². The second-order valence-electron chi connectivity index (χ2n) is 7.06. The van der Waals surface area contributed by atoms with Crippen LogP contribution in [0.25, 0.3) is 5.65 Å². The Morgan fingerprint density at radius 1 is 1.12 bits per heavy atom. The normalized spacial score (nSPS) is 21.7. The Hall–Kier alpha value is -2.38. The van der Waals surface area contributed by atoms with Crippen molar-refractivity contribution in [1.82, 2.24) is 19.5 Å². The van der Waals surface area contributed by atoms with Crippen LogP contribution in [-0.4, -0.2) is 58.9 Å². The summed E-state index contributed by atoms with van der Waals surface area (Å²) in [6.07, 6.45) is 4.92. The minimum absolute atomic E-state index is 0.386. The van der Waals surface area contributed by atoms with Gasteiger partial charge in [-0.2, -0.15) is 5.10 Å². The summed E-state index contributed by atoms with van der Waals surface area (Å²) >= 11 is 0. The Bertz CT molecular complexity index is 869. The third-order valence-electron chi connectivity index (χ3n) is 5.31. The second-order valence-corrected chi connectivity index (χ2v) is 7.06. The molecule has 0 amide bonds. The van der Waals surface area contributed by atoms with Gasteiger partial charge in [0.2, 0.25) is 0 Å². The summed E-state index contributed by atoms with van der Waals surface area (Å²) in [5.41, 5.74) is 2.10. The maximum atomic E-state index is 5.46. The van der Waals surface area contributed by atoms with Gasteiger partial charge in [0.25, 0.3) is 0 Å². The van der Waals surface area contributed by atoms with Crippen molar-refractivity contribution in [2.75, 3.05) is 44.3 Å². The zero-order chi connectivity index (χ0) is 17.3. The van der Waals surface area contributed by atoms with Gasteiger partial charge in [0.05, 0.1) is 37.9 Å². The topological polar surface area (TPSA) is 59.0 Å². The van der Waals surface area contributed by atoms with Crippen molar-refractivity contribution in [3.63, 3.8) is 0 Å². The van der Waals surface area contributed by atoms with E-state index in [1.807, 2.05) is 16.6 Å². The number of pyridine rings is 1. The lowest BCUT2D eigenvalue weighted by molar-refractivity contribution is 0.122. The number of furan rings is 1. The first kappa shape index (κ1) is 15.8. The third kappa shape index (κ3) is 3.08. The zero-order valence-corrected chi connectivity index (χ0v) is 14.8. The number of hydrogen-bond acceptors (Lipinski definition) is 6. The number of hydrogen-bond donors (Lipinski definition) is 0. The zero-order valence-electron chi connectivity index (χ0n) is 14.8. The van der Waals surface area contributed by atoms with Gasteiger partial charge in [0, 0.05) is 25.6 Å². The second kappa shape index (κ2) is 6.74. The van der Waals surface area contributed by atoms with Crippen LogP contribution in [0.3, 0.4) is 0 Å². The average Bonchev–Trinajstić information content (AvgIpc) is 3.42. The van der Waals surface area contributed by atoms with Crippen molar-refractivity contribution in [2.45, 2.75) is 18.9 Å². The highest BCUT2D eigenvalue weighted by molar-refractivity contribution is 5.51. The Kier molecular flexibility index (Phi) is 4.10.